The molecule has 3 heterocycles. The second-order valence-electron chi connectivity index (χ2n) is 10.0. The number of amides is 1. The second kappa shape index (κ2) is 7.91. The zero-order valence-electron chi connectivity index (χ0n) is 18.2. The fraction of sp³-hybridized carbons (Fsp3) is 0.640. The van der Waals surface area contributed by atoms with Crippen LogP contribution in [0.1, 0.15) is 47.3 Å². The van der Waals surface area contributed by atoms with Crippen LogP contribution in [0.15, 0.2) is 18.2 Å². The van der Waals surface area contributed by atoms with Crippen molar-refractivity contribution in [1.29, 1.82) is 0 Å². The number of nitrogens with zero attached hydrogens (tertiary/aromatic N) is 2. The molecule has 0 bridgehead atoms. The molecule has 1 amide bonds. The highest BCUT2D eigenvalue weighted by atomic mass is 16.5. The second-order valence-corrected chi connectivity index (χ2v) is 10.0. The van der Waals surface area contributed by atoms with Crippen LogP contribution in [-0.2, 0) is 17.6 Å². The van der Waals surface area contributed by atoms with Crippen molar-refractivity contribution in [3.05, 3.63) is 35.0 Å². The summed E-state index contributed by atoms with van der Waals surface area (Å²) in [6.07, 6.45) is 6.22. The molecule has 2 aromatic rings. The van der Waals surface area contributed by atoms with Crippen molar-refractivity contribution in [2.75, 3.05) is 39.4 Å². The van der Waals surface area contributed by atoms with Gasteiger partial charge in [0.1, 0.15) is 0 Å². The third-order valence-corrected chi connectivity index (χ3v) is 8.26. The number of hydrogen-bond donors (Lipinski definition) is 2. The lowest BCUT2D eigenvalue weighted by molar-refractivity contribution is -0.0520. The summed E-state index contributed by atoms with van der Waals surface area (Å²) in [5.74, 6) is 1.06. The molecular formula is C25H33N3O3. The van der Waals surface area contributed by atoms with Gasteiger partial charge in [0.2, 0.25) is 0 Å². The minimum atomic E-state index is -0.294. The number of morpholine rings is 1. The summed E-state index contributed by atoms with van der Waals surface area (Å²) in [4.78, 5) is 21.4. The SMILES string of the molecule is O=C(c1ccc2[nH]c3c(c2c1)CCCC3)N1C[C@H]2C[C@@H](N3CCOCC3)[C@H](O)C[C@H]2C1. The highest BCUT2D eigenvalue weighted by Gasteiger charge is 2.44. The molecule has 4 aliphatic rings. The largest absolute Gasteiger partial charge is 0.391 e. The number of benzene rings is 1. The van der Waals surface area contributed by atoms with Crippen LogP contribution in [0.5, 0.6) is 0 Å². The molecule has 2 aliphatic carbocycles. The van der Waals surface area contributed by atoms with E-state index in [0.29, 0.717) is 11.8 Å². The Balaban J connectivity index is 1.19. The number of carbonyl (C=O) groups is 1. The number of fused-ring (bicyclic) bond motifs is 4. The number of aliphatic hydroxyl groups excluding tert-OH is 1. The first-order valence-electron chi connectivity index (χ1n) is 12.1. The molecule has 6 heteroatoms. The normalized spacial score (nSPS) is 31.6. The van der Waals surface area contributed by atoms with Crippen LogP contribution >= 0.6 is 0 Å². The molecule has 1 aromatic carbocycles. The molecule has 166 valence electrons. The Morgan fingerprint density at radius 2 is 1.84 bits per heavy atom. The maximum atomic E-state index is 13.4. The van der Waals surface area contributed by atoms with Gasteiger partial charge in [-0.2, -0.15) is 0 Å². The van der Waals surface area contributed by atoms with E-state index in [1.807, 2.05) is 11.0 Å². The summed E-state index contributed by atoms with van der Waals surface area (Å²) >= 11 is 0. The number of nitrogens with one attached hydrogen (secondary N) is 1. The molecule has 0 radical (unpaired) electrons. The van der Waals surface area contributed by atoms with Crippen LogP contribution in [0.2, 0.25) is 0 Å². The van der Waals surface area contributed by atoms with Gasteiger partial charge in [-0.1, -0.05) is 0 Å². The molecule has 1 aromatic heterocycles. The van der Waals surface area contributed by atoms with Gasteiger partial charge in [0.15, 0.2) is 0 Å². The van der Waals surface area contributed by atoms with Crippen molar-refractivity contribution < 1.29 is 14.6 Å². The summed E-state index contributed by atoms with van der Waals surface area (Å²) in [5.41, 5.74) is 4.75. The van der Waals surface area contributed by atoms with Crippen LogP contribution in [-0.4, -0.2) is 77.3 Å². The van der Waals surface area contributed by atoms with E-state index in [-0.39, 0.29) is 18.1 Å². The van der Waals surface area contributed by atoms with Crippen LogP contribution in [0, 0.1) is 11.8 Å². The number of H-pyrrole nitrogens is 1. The lowest BCUT2D eigenvalue weighted by atomic mass is 9.77. The number of likely N-dealkylation sites (tertiary alicyclic amines) is 1. The Labute approximate surface area is 183 Å². The zero-order valence-corrected chi connectivity index (χ0v) is 18.2. The summed E-state index contributed by atoms with van der Waals surface area (Å²) in [6, 6.07) is 6.40. The molecule has 2 aliphatic heterocycles. The van der Waals surface area contributed by atoms with Crippen LogP contribution in [0.3, 0.4) is 0 Å². The number of aromatic nitrogens is 1. The van der Waals surface area contributed by atoms with E-state index in [1.165, 1.54) is 29.5 Å². The average molecular weight is 424 g/mol. The van der Waals surface area contributed by atoms with E-state index in [2.05, 4.69) is 22.0 Å². The van der Waals surface area contributed by atoms with Gasteiger partial charge < -0.3 is 19.7 Å². The van der Waals surface area contributed by atoms with Crippen LogP contribution < -0.4 is 0 Å². The number of aryl methyl sites for hydroxylation is 2. The third-order valence-electron chi connectivity index (χ3n) is 8.26. The van der Waals surface area contributed by atoms with Gasteiger partial charge >= 0.3 is 0 Å². The molecule has 0 unspecified atom stereocenters. The maximum Gasteiger partial charge on any atom is 0.253 e. The zero-order chi connectivity index (χ0) is 20.9. The Morgan fingerprint density at radius 1 is 1.06 bits per heavy atom. The van der Waals surface area contributed by atoms with Crippen molar-refractivity contribution in [1.82, 2.24) is 14.8 Å². The van der Waals surface area contributed by atoms with E-state index in [1.54, 1.807) is 0 Å². The number of rotatable bonds is 2. The van der Waals surface area contributed by atoms with E-state index in [9.17, 15) is 9.90 Å². The highest BCUT2D eigenvalue weighted by Crippen LogP contribution is 2.39. The molecule has 6 nitrogen and oxygen atoms in total. The maximum absolute atomic E-state index is 13.4. The van der Waals surface area contributed by atoms with Gasteiger partial charge in [-0.25, -0.2) is 0 Å². The van der Waals surface area contributed by atoms with Crippen molar-refractivity contribution in [3.8, 4) is 0 Å². The van der Waals surface area contributed by atoms with Crippen LogP contribution in [0.25, 0.3) is 10.9 Å². The predicted octanol–water partition coefficient (Wildman–Crippen LogP) is 2.59. The van der Waals surface area contributed by atoms with Crippen LogP contribution in [0.4, 0.5) is 0 Å². The Hall–Kier alpha value is -1.89. The van der Waals surface area contributed by atoms with E-state index < -0.39 is 0 Å². The first-order valence-corrected chi connectivity index (χ1v) is 12.1. The Morgan fingerprint density at radius 3 is 2.68 bits per heavy atom. The van der Waals surface area contributed by atoms with Gasteiger partial charge in [-0.3, -0.25) is 9.69 Å². The Bertz CT molecular complexity index is 980. The fourth-order valence-corrected chi connectivity index (χ4v) is 6.60. The topological polar surface area (TPSA) is 68.8 Å². The van der Waals surface area contributed by atoms with Gasteiger partial charge in [0.05, 0.1) is 19.3 Å². The summed E-state index contributed by atoms with van der Waals surface area (Å²) in [6.45, 7) is 4.92. The molecule has 6 rings (SSSR count). The number of aliphatic hydroxyl groups is 1. The third kappa shape index (κ3) is 3.49. The average Bonchev–Trinajstić information content (AvgIpc) is 3.39. The number of carbonyl (C=O) groups excluding carboxylic acids is 1. The molecule has 3 fully saturated rings. The van der Waals surface area contributed by atoms with Gasteiger partial charge in [-0.15, -0.1) is 0 Å². The number of hydrogen-bond acceptors (Lipinski definition) is 4. The van der Waals surface area contributed by atoms with Gasteiger partial charge in [0.25, 0.3) is 5.91 Å². The summed E-state index contributed by atoms with van der Waals surface area (Å²) in [5, 5.41) is 12.1. The Kier molecular flexibility index (Phi) is 5.04. The quantitative estimate of drug-likeness (QED) is 0.779. The van der Waals surface area contributed by atoms with E-state index in [4.69, 9.17) is 4.74 Å². The summed E-state index contributed by atoms with van der Waals surface area (Å²) < 4.78 is 5.49. The smallest absolute Gasteiger partial charge is 0.253 e. The fourth-order valence-electron chi connectivity index (χ4n) is 6.60. The monoisotopic (exact) mass is 423 g/mol. The predicted molar refractivity (Wildman–Crippen MR) is 119 cm³/mol. The van der Waals surface area contributed by atoms with Crippen molar-refractivity contribution in [2.24, 2.45) is 11.8 Å². The summed E-state index contributed by atoms with van der Waals surface area (Å²) in [7, 11) is 0. The highest BCUT2D eigenvalue weighted by molar-refractivity contribution is 5.99. The number of aromatic amines is 1. The molecular weight excluding hydrogens is 390 g/mol. The minimum Gasteiger partial charge on any atom is -0.391 e. The van der Waals surface area contributed by atoms with E-state index in [0.717, 1.165) is 76.2 Å². The van der Waals surface area contributed by atoms with Crippen molar-refractivity contribution in [2.45, 2.75) is 50.7 Å². The molecule has 4 atom stereocenters. The molecule has 31 heavy (non-hydrogen) atoms. The van der Waals surface area contributed by atoms with E-state index >= 15 is 0 Å². The minimum absolute atomic E-state index is 0.152. The first kappa shape index (κ1) is 19.8. The molecule has 1 saturated carbocycles. The lowest BCUT2D eigenvalue weighted by Crippen LogP contribution is -2.53. The molecule has 2 N–H and O–H groups in total. The number of ether oxygens (including phenoxy) is 1. The van der Waals surface area contributed by atoms with Gasteiger partial charge in [0, 0.05) is 54.4 Å². The van der Waals surface area contributed by atoms with Crippen molar-refractivity contribution in [3.63, 3.8) is 0 Å². The molecule has 2 saturated heterocycles. The molecule has 0 spiro atoms. The van der Waals surface area contributed by atoms with Crippen molar-refractivity contribution >= 4 is 16.8 Å². The standard InChI is InChI=1S/C25H33N3O3/c29-24-13-18-15-28(14-17(18)12-23(24)27-7-9-31-10-8-27)25(30)16-5-6-22-20(11-16)19-3-1-2-4-21(19)26-22/h5-6,11,17-18,23-24,26,29H,1-4,7-10,12-15H2/t17-,18+,23-,24-/m1/s1. The van der Waals surface area contributed by atoms with Gasteiger partial charge in [-0.05, 0) is 74.1 Å². The first-order chi connectivity index (χ1) is 15.2. The lowest BCUT2D eigenvalue weighted by Gasteiger charge is -2.43.